The van der Waals surface area contributed by atoms with Crippen LogP contribution in [0.1, 0.15) is 24.2 Å². The highest BCUT2D eigenvalue weighted by atomic mass is 16.6. The summed E-state index contributed by atoms with van der Waals surface area (Å²) in [5.74, 6) is -0.702. The van der Waals surface area contributed by atoms with Gasteiger partial charge in [-0.3, -0.25) is 14.9 Å². The summed E-state index contributed by atoms with van der Waals surface area (Å²) >= 11 is 0. The molecule has 1 rings (SSSR count). The van der Waals surface area contributed by atoms with E-state index in [0.29, 0.717) is 0 Å². The average molecular weight is 224 g/mol. The van der Waals surface area contributed by atoms with Gasteiger partial charge >= 0.3 is 5.69 Å². The first kappa shape index (κ1) is 12.0. The summed E-state index contributed by atoms with van der Waals surface area (Å²) in [6, 6.07) is 1.88. The lowest BCUT2D eigenvalue weighted by molar-refractivity contribution is -0.386. The fraction of sp³-hybridized carbons (Fsp3) is 0.300. The number of aldehydes is 1. The molecule has 16 heavy (non-hydrogen) atoms. The van der Waals surface area contributed by atoms with Crippen molar-refractivity contribution in [3.8, 4) is 11.5 Å². The van der Waals surface area contributed by atoms with Crippen LogP contribution in [0.15, 0.2) is 12.1 Å². The summed E-state index contributed by atoms with van der Waals surface area (Å²) in [5, 5.41) is 22.0. The first-order chi connectivity index (χ1) is 7.45. The molecule has 0 aliphatic heterocycles. The standard InChI is InChI=1S/C10H11NO5/c1-6(2)16-10-4-9(13)7(5-12)3-8(10)11(14)15/h3-6,13H,1-2H3/p-1. The monoisotopic (exact) mass is 224 g/mol. The highest BCUT2D eigenvalue weighted by Crippen LogP contribution is 2.32. The largest absolute Gasteiger partial charge is 0.872 e. The minimum absolute atomic E-state index is 0.115. The van der Waals surface area contributed by atoms with Crippen LogP contribution in [0.4, 0.5) is 5.69 Å². The van der Waals surface area contributed by atoms with Crippen molar-refractivity contribution in [1.82, 2.24) is 0 Å². The summed E-state index contributed by atoms with van der Waals surface area (Å²) in [7, 11) is 0. The molecule has 0 spiro atoms. The maximum atomic E-state index is 11.3. The Morgan fingerprint density at radius 1 is 1.44 bits per heavy atom. The predicted molar refractivity (Wildman–Crippen MR) is 53.7 cm³/mol. The number of hydrogen-bond acceptors (Lipinski definition) is 5. The molecule has 0 heterocycles. The van der Waals surface area contributed by atoms with Crippen LogP contribution in [-0.4, -0.2) is 17.3 Å². The number of nitro groups is 1. The molecule has 6 nitrogen and oxygen atoms in total. The molecule has 0 N–H and O–H groups in total. The van der Waals surface area contributed by atoms with E-state index in [0.717, 1.165) is 12.1 Å². The van der Waals surface area contributed by atoms with Crippen molar-refractivity contribution >= 4 is 12.0 Å². The quantitative estimate of drug-likeness (QED) is 0.436. The van der Waals surface area contributed by atoms with Crippen molar-refractivity contribution in [3.63, 3.8) is 0 Å². The summed E-state index contributed by atoms with van der Waals surface area (Å²) in [6.07, 6.45) is -0.00530. The number of rotatable bonds is 4. The van der Waals surface area contributed by atoms with Gasteiger partial charge < -0.3 is 9.84 Å². The second kappa shape index (κ2) is 4.61. The van der Waals surface area contributed by atoms with Gasteiger partial charge in [-0.25, -0.2) is 0 Å². The van der Waals surface area contributed by atoms with Gasteiger partial charge in [0.1, 0.15) is 6.29 Å². The van der Waals surface area contributed by atoms with Gasteiger partial charge in [-0.1, -0.05) is 5.75 Å². The Morgan fingerprint density at radius 3 is 2.50 bits per heavy atom. The van der Waals surface area contributed by atoms with Crippen LogP contribution in [0.2, 0.25) is 0 Å². The van der Waals surface area contributed by atoms with E-state index in [2.05, 4.69) is 0 Å². The van der Waals surface area contributed by atoms with E-state index in [1.165, 1.54) is 0 Å². The molecule has 1 aromatic carbocycles. The van der Waals surface area contributed by atoms with Gasteiger partial charge in [-0.2, -0.15) is 0 Å². The Balaban J connectivity index is 3.30. The molecule has 0 saturated carbocycles. The molecular weight excluding hydrogens is 214 g/mol. The van der Waals surface area contributed by atoms with Gasteiger partial charge in [-0.15, -0.1) is 0 Å². The number of carbonyl (C=O) groups excluding carboxylic acids is 1. The lowest BCUT2D eigenvalue weighted by Crippen LogP contribution is -2.09. The molecule has 6 heteroatoms. The van der Waals surface area contributed by atoms with Crippen molar-refractivity contribution in [3.05, 3.63) is 27.8 Å². The molecule has 0 radical (unpaired) electrons. The van der Waals surface area contributed by atoms with Gasteiger partial charge in [0.05, 0.1) is 11.0 Å². The SMILES string of the molecule is CC(C)Oc1cc([O-])c(C=O)cc1[N+](=O)[O-]. The summed E-state index contributed by atoms with van der Waals surface area (Å²) < 4.78 is 5.13. The molecular formula is C10H10NO5-. The van der Waals surface area contributed by atoms with E-state index in [4.69, 9.17) is 4.74 Å². The zero-order chi connectivity index (χ0) is 12.3. The smallest absolute Gasteiger partial charge is 0.311 e. The molecule has 0 bridgehead atoms. The number of benzene rings is 1. The number of nitro benzene ring substituents is 1. The van der Waals surface area contributed by atoms with Crippen molar-refractivity contribution in [2.45, 2.75) is 20.0 Å². The highest BCUT2D eigenvalue weighted by molar-refractivity contribution is 5.81. The lowest BCUT2D eigenvalue weighted by Gasteiger charge is -2.14. The van der Waals surface area contributed by atoms with E-state index in [1.54, 1.807) is 13.8 Å². The Hall–Kier alpha value is -2.11. The Bertz CT molecular complexity index is 427. The molecule has 1 aromatic rings. The highest BCUT2D eigenvalue weighted by Gasteiger charge is 2.17. The predicted octanol–water partition coefficient (Wildman–Crippen LogP) is 1.27. The van der Waals surface area contributed by atoms with Crippen LogP contribution in [0.25, 0.3) is 0 Å². The average Bonchev–Trinajstić information content (AvgIpc) is 2.16. The maximum absolute atomic E-state index is 11.3. The topological polar surface area (TPSA) is 92.5 Å². The van der Waals surface area contributed by atoms with E-state index < -0.39 is 10.7 Å². The van der Waals surface area contributed by atoms with Crippen LogP contribution in [-0.2, 0) is 0 Å². The first-order valence-corrected chi connectivity index (χ1v) is 4.57. The van der Waals surface area contributed by atoms with Gasteiger partial charge in [0.2, 0.25) is 0 Å². The minimum atomic E-state index is -0.690. The van der Waals surface area contributed by atoms with Crippen LogP contribution >= 0.6 is 0 Å². The van der Waals surface area contributed by atoms with Crippen LogP contribution in [0, 0.1) is 10.1 Å². The minimum Gasteiger partial charge on any atom is -0.872 e. The number of ether oxygens (including phenoxy) is 1. The van der Waals surface area contributed by atoms with Crippen LogP contribution < -0.4 is 9.84 Å². The number of nitrogens with zero attached hydrogens (tertiary/aromatic N) is 1. The third-order valence-electron chi connectivity index (χ3n) is 1.78. The fourth-order valence-electron chi connectivity index (χ4n) is 1.15. The van der Waals surface area contributed by atoms with Crippen molar-refractivity contribution in [2.75, 3.05) is 0 Å². The second-order valence-electron chi connectivity index (χ2n) is 3.40. The van der Waals surface area contributed by atoms with E-state index in [1.807, 2.05) is 0 Å². The number of hydrogen-bond donors (Lipinski definition) is 0. The Kier molecular flexibility index (Phi) is 3.44. The fourth-order valence-corrected chi connectivity index (χ4v) is 1.15. The van der Waals surface area contributed by atoms with E-state index in [-0.39, 0.29) is 29.4 Å². The molecule has 0 unspecified atom stereocenters. The van der Waals surface area contributed by atoms with Crippen molar-refractivity contribution in [2.24, 2.45) is 0 Å². The first-order valence-electron chi connectivity index (χ1n) is 4.57. The zero-order valence-corrected chi connectivity index (χ0v) is 8.80. The molecule has 0 atom stereocenters. The van der Waals surface area contributed by atoms with Crippen LogP contribution in [0.5, 0.6) is 11.5 Å². The normalized spacial score (nSPS) is 10.2. The van der Waals surface area contributed by atoms with Crippen molar-refractivity contribution in [1.29, 1.82) is 0 Å². The zero-order valence-electron chi connectivity index (χ0n) is 8.80. The van der Waals surface area contributed by atoms with E-state index >= 15 is 0 Å². The van der Waals surface area contributed by atoms with Crippen molar-refractivity contribution < 1.29 is 19.6 Å². The van der Waals surface area contributed by atoms with Gasteiger partial charge in [0.15, 0.2) is 5.75 Å². The second-order valence-corrected chi connectivity index (χ2v) is 3.40. The van der Waals surface area contributed by atoms with Gasteiger partial charge in [0, 0.05) is 11.6 Å². The Labute approximate surface area is 91.6 Å². The summed E-state index contributed by atoms with van der Waals surface area (Å²) in [6.45, 7) is 3.36. The molecule has 0 saturated heterocycles. The molecule has 0 amide bonds. The van der Waals surface area contributed by atoms with E-state index in [9.17, 15) is 20.0 Å². The van der Waals surface area contributed by atoms with Gasteiger partial charge in [0.25, 0.3) is 0 Å². The molecule has 0 aliphatic carbocycles. The summed E-state index contributed by atoms with van der Waals surface area (Å²) in [4.78, 5) is 20.5. The summed E-state index contributed by atoms with van der Waals surface area (Å²) in [5.41, 5.74) is -0.627. The Morgan fingerprint density at radius 2 is 2.06 bits per heavy atom. The lowest BCUT2D eigenvalue weighted by atomic mass is 10.2. The van der Waals surface area contributed by atoms with Gasteiger partial charge in [-0.05, 0) is 19.9 Å². The molecule has 0 fully saturated rings. The third kappa shape index (κ3) is 2.47. The van der Waals surface area contributed by atoms with Crippen LogP contribution in [0.3, 0.4) is 0 Å². The molecule has 86 valence electrons. The maximum Gasteiger partial charge on any atom is 0.311 e. The molecule has 0 aromatic heterocycles. The number of carbonyl (C=O) groups is 1. The third-order valence-corrected chi connectivity index (χ3v) is 1.78. The molecule has 0 aliphatic rings.